The van der Waals surface area contributed by atoms with E-state index in [-0.39, 0.29) is 12.5 Å². The SMILES string of the molecule is Cc1nc(COc2ccc(C(=O)NCc3cc(Br)cs3)cc2)no1. The monoisotopic (exact) mass is 407 g/mol. The predicted molar refractivity (Wildman–Crippen MR) is 93.0 cm³/mol. The van der Waals surface area contributed by atoms with Crippen molar-refractivity contribution in [2.75, 3.05) is 0 Å². The molecule has 6 nitrogen and oxygen atoms in total. The van der Waals surface area contributed by atoms with Crippen LogP contribution >= 0.6 is 27.3 Å². The van der Waals surface area contributed by atoms with Gasteiger partial charge < -0.3 is 14.6 Å². The molecule has 3 rings (SSSR count). The fraction of sp³-hybridized carbons (Fsp3) is 0.188. The molecule has 1 amide bonds. The number of amides is 1. The minimum absolute atomic E-state index is 0.125. The van der Waals surface area contributed by atoms with E-state index in [4.69, 9.17) is 9.26 Å². The highest BCUT2D eigenvalue weighted by Crippen LogP contribution is 2.19. The smallest absolute Gasteiger partial charge is 0.251 e. The Balaban J connectivity index is 1.52. The topological polar surface area (TPSA) is 77.2 Å². The molecule has 1 aromatic carbocycles. The van der Waals surface area contributed by atoms with Gasteiger partial charge in [-0.1, -0.05) is 5.16 Å². The van der Waals surface area contributed by atoms with Crippen molar-refractivity contribution in [1.82, 2.24) is 15.5 Å². The minimum Gasteiger partial charge on any atom is -0.485 e. The second-order valence-electron chi connectivity index (χ2n) is 4.96. The average molecular weight is 408 g/mol. The van der Waals surface area contributed by atoms with E-state index in [9.17, 15) is 4.79 Å². The molecule has 0 saturated heterocycles. The maximum atomic E-state index is 12.1. The summed E-state index contributed by atoms with van der Waals surface area (Å²) in [7, 11) is 0. The molecule has 124 valence electrons. The molecule has 0 saturated carbocycles. The lowest BCUT2D eigenvalue weighted by Crippen LogP contribution is -2.22. The van der Waals surface area contributed by atoms with Crippen LogP contribution in [0.15, 0.2) is 44.7 Å². The number of hydrogen-bond donors (Lipinski definition) is 1. The van der Waals surface area contributed by atoms with Gasteiger partial charge in [-0.2, -0.15) is 4.98 Å². The highest BCUT2D eigenvalue weighted by molar-refractivity contribution is 9.10. The van der Waals surface area contributed by atoms with Crippen LogP contribution in [0, 0.1) is 6.92 Å². The zero-order valence-electron chi connectivity index (χ0n) is 12.8. The largest absolute Gasteiger partial charge is 0.485 e. The summed E-state index contributed by atoms with van der Waals surface area (Å²) in [6.07, 6.45) is 0. The van der Waals surface area contributed by atoms with E-state index in [1.165, 1.54) is 0 Å². The van der Waals surface area contributed by atoms with Crippen molar-refractivity contribution in [3.05, 3.63) is 62.3 Å². The van der Waals surface area contributed by atoms with Crippen LogP contribution in [0.3, 0.4) is 0 Å². The first kappa shape index (κ1) is 16.7. The third-order valence-electron chi connectivity index (χ3n) is 3.10. The highest BCUT2D eigenvalue weighted by atomic mass is 79.9. The lowest BCUT2D eigenvalue weighted by atomic mass is 10.2. The Labute approximate surface area is 151 Å². The van der Waals surface area contributed by atoms with Gasteiger partial charge in [-0.25, -0.2) is 0 Å². The minimum atomic E-state index is -0.125. The average Bonchev–Trinajstić information content (AvgIpc) is 3.19. The van der Waals surface area contributed by atoms with Gasteiger partial charge in [-0.3, -0.25) is 4.79 Å². The van der Waals surface area contributed by atoms with Crippen LogP contribution in [0.4, 0.5) is 0 Å². The molecule has 0 spiro atoms. The molecular formula is C16H14BrN3O3S. The van der Waals surface area contributed by atoms with Crippen LogP contribution in [0.25, 0.3) is 0 Å². The number of aromatic nitrogens is 2. The van der Waals surface area contributed by atoms with Crippen molar-refractivity contribution < 1.29 is 14.1 Å². The van der Waals surface area contributed by atoms with Crippen molar-refractivity contribution >= 4 is 33.2 Å². The molecule has 0 radical (unpaired) electrons. The number of hydrogen-bond acceptors (Lipinski definition) is 6. The summed E-state index contributed by atoms with van der Waals surface area (Å²) in [6, 6.07) is 8.90. The van der Waals surface area contributed by atoms with E-state index in [0.29, 0.717) is 29.6 Å². The van der Waals surface area contributed by atoms with Crippen LogP contribution in [-0.4, -0.2) is 16.0 Å². The standard InChI is InChI=1S/C16H14BrN3O3S/c1-10-19-15(20-23-10)8-22-13-4-2-11(3-5-13)16(21)18-7-14-6-12(17)9-24-14/h2-6,9H,7-8H2,1H3,(H,18,21). The lowest BCUT2D eigenvalue weighted by molar-refractivity contribution is 0.0951. The number of nitrogens with zero attached hydrogens (tertiary/aromatic N) is 2. The summed E-state index contributed by atoms with van der Waals surface area (Å²) in [5.41, 5.74) is 0.577. The van der Waals surface area contributed by atoms with Crippen LogP contribution in [0.1, 0.15) is 27.0 Å². The van der Waals surface area contributed by atoms with Gasteiger partial charge in [0, 0.05) is 27.2 Å². The molecular weight excluding hydrogens is 394 g/mol. The van der Waals surface area contributed by atoms with Gasteiger partial charge in [0.2, 0.25) is 11.7 Å². The van der Waals surface area contributed by atoms with Crippen LogP contribution in [-0.2, 0) is 13.2 Å². The number of benzene rings is 1. The summed E-state index contributed by atoms with van der Waals surface area (Å²) in [4.78, 5) is 17.3. The van der Waals surface area contributed by atoms with E-state index < -0.39 is 0 Å². The van der Waals surface area contributed by atoms with Crippen molar-refractivity contribution in [3.8, 4) is 5.75 Å². The van der Waals surface area contributed by atoms with E-state index in [2.05, 4.69) is 31.4 Å². The highest BCUT2D eigenvalue weighted by Gasteiger charge is 2.07. The zero-order valence-corrected chi connectivity index (χ0v) is 15.2. The molecule has 2 heterocycles. The zero-order chi connectivity index (χ0) is 16.9. The first-order chi connectivity index (χ1) is 11.6. The van der Waals surface area contributed by atoms with Gasteiger partial charge >= 0.3 is 0 Å². The molecule has 3 aromatic rings. The maximum absolute atomic E-state index is 12.1. The molecule has 0 aliphatic rings. The number of thiophene rings is 1. The molecule has 2 aromatic heterocycles. The molecule has 1 N–H and O–H groups in total. The number of carbonyl (C=O) groups excluding carboxylic acids is 1. The third kappa shape index (κ3) is 4.42. The van der Waals surface area contributed by atoms with Crippen molar-refractivity contribution in [3.63, 3.8) is 0 Å². The number of halogens is 1. The van der Waals surface area contributed by atoms with E-state index in [1.54, 1.807) is 42.5 Å². The first-order valence-electron chi connectivity index (χ1n) is 7.13. The summed E-state index contributed by atoms with van der Waals surface area (Å²) >= 11 is 4.99. The Bertz CT molecular complexity index is 829. The van der Waals surface area contributed by atoms with Crippen molar-refractivity contribution in [2.24, 2.45) is 0 Å². The second-order valence-corrected chi connectivity index (χ2v) is 6.87. The number of carbonyl (C=O) groups is 1. The maximum Gasteiger partial charge on any atom is 0.251 e. The van der Waals surface area contributed by atoms with Gasteiger partial charge in [-0.15, -0.1) is 11.3 Å². The van der Waals surface area contributed by atoms with Crippen LogP contribution in [0.2, 0.25) is 0 Å². The second kappa shape index (κ2) is 7.59. The van der Waals surface area contributed by atoms with Gasteiger partial charge in [0.15, 0.2) is 6.61 Å². The molecule has 0 aliphatic heterocycles. The molecule has 0 fully saturated rings. The van der Waals surface area contributed by atoms with Crippen LogP contribution < -0.4 is 10.1 Å². The van der Waals surface area contributed by atoms with E-state index in [1.807, 2.05) is 11.4 Å². The number of rotatable bonds is 6. The summed E-state index contributed by atoms with van der Waals surface area (Å²) in [5, 5.41) is 8.62. The van der Waals surface area contributed by atoms with Crippen molar-refractivity contribution in [1.29, 1.82) is 0 Å². The Hall–Kier alpha value is -2.19. The van der Waals surface area contributed by atoms with E-state index >= 15 is 0 Å². The van der Waals surface area contributed by atoms with Gasteiger partial charge in [-0.05, 0) is 46.3 Å². The first-order valence-corrected chi connectivity index (χ1v) is 8.80. The van der Waals surface area contributed by atoms with Crippen LogP contribution in [0.5, 0.6) is 5.75 Å². The third-order valence-corrected chi connectivity index (χ3v) is 4.80. The Morgan fingerprint density at radius 3 is 2.79 bits per heavy atom. The van der Waals surface area contributed by atoms with Crippen molar-refractivity contribution in [2.45, 2.75) is 20.1 Å². The lowest BCUT2D eigenvalue weighted by Gasteiger charge is -2.06. The normalized spacial score (nSPS) is 10.6. The molecule has 0 unspecified atom stereocenters. The number of nitrogens with one attached hydrogen (secondary N) is 1. The van der Waals surface area contributed by atoms with Gasteiger partial charge in [0.1, 0.15) is 5.75 Å². The Kier molecular flexibility index (Phi) is 5.27. The quantitative estimate of drug-likeness (QED) is 0.673. The van der Waals surface area contributed by atoms with Gasteiger partial charge in [0.05, 0.1) is 6.54 Å². The molecule has 8 heteroatoms. The van der Waals surface area contributed by atoms with Gasteiger partial charge in [0.25, 0.3) is 5.91 Å². The number of ether oxygens (including phenoxy) is 1. The molecule has 0 aliphatic carbocycles. The van der Waals surface area contributed by atoms with E-state index in [0.717, 1.165) is 9.35 Å². The summed E-state index contributed by atoms with van der Waals surface area (Å²) in [6.45, 7) is 2.44. The molecule has 0 atom stereocenters. The summed E-state index contributed by atoms with van der Waals surface area (Å²) < 4.78 is 11.4. The fourth-order valence-electron chi connectivity index (χ4n) is 1.97. The number of aryl methyl sites for hydroxylation is 1. The Morgan fingerprint density at radius 2 is 2.17 bits per heavy atom. The Morgan fingerprint density at radius 1 is 1.38 bits per heavy atom. The predicted octanol–water partition coefficient (Wildman–Crippen LogP) is 3.71. The molecule has 0 bridgehead atoms. The fourth-order valence-corrected chi connectivity index (χ4v) is 3.36. The molecule has 24 heavy (non-hydrogen) atoms. The summed E-state index contributed by atoms with van der Waals surface area (Å²) in [5.74, 6) is 1.49.